The van der Waals surface area contributed by atoms with Crippen LogP contribution in [0, 0.1) is 10.1 Å². The Hall–Kier alpha value is -3.48. The summed E-state index contributed by atoms with van der Waals surface area (Å²) >= 11 is 0. The molecule has 0 bridgehead atoms. The molecule has 114 valence electrons. The quantitative estimate of drug-likeness (QED) is 0.567. The van der Waals surface area contributed by atoms with Gasteiger partial charge in [-0.05, 0) is 24.3 Å². The van der Waals surface area contributed by atoms with Gasteiger partial charge in [0.2, 0.25) is 0 Å². The molecule has 2 heterocycles. The van der Waals surface area contributed by atoms with Crippen molar-refractivity contribution in [3.8, 4) is 22.5 Å². The van der Waals surface area contributed by atoms with E-state index in [2.05, 4.69) is 9.97 Å². The van der Waals surface area contributed by atoms with Gasteiger partial charge in [-0.15, -0.1) is 0 Å². The van der Waals surface area contributed by atoms with Crippen molar-refractivity contribution in [2.24, 2.45) is 0 Å². The lowest BCUT2D eigenvalue weighted by atomic mass is 10.1. The van der Waals surface area contributed by atoms with Crippen molar-refractivity contribution in [1.82, 2.24) is 9.97 Å². The number of pyridine rings is 1. The topological polar surface area (TPSA) is 109 Å². The number of carboxylic acids is 1. The minimum Gasteiger partial charge on any atom is -0.478 e. The predicted molar refractivity (Wildman–Crippen MR) is 83.1 cm³/mol. The van der Waals surface area contributed by atoms with Gasteiger partial charge < -0.3 is 10.1 Å². The number of nitro benzene ring substituents is 1. The van der Waals surface area contributed by atoms with Crippen molar-refractivity contribution in [2.75, 3.05) is 0 Å². The molecule has 23 heavy (non-hydrogen) atoms. The molecule has 1 aromatic carbocycles. The normalized spacial score (nSPS) is 10.4. The second-order valence-corrected chi connectivity index (χ2v) is 4.79. The average Bonchev–Trinajstić information content (AvgIpc) is 3.01. The summed E-state index contributed by atoms with van der Waals surface area (Å²) in [5, 5.41) is 20.6. The molecule has 0 spiro atoms. The monoisotopic (exact) mass is 309 g/mol. The Bertz CT molecular complexity index is 887. The fraction of sp³-hybridized carbons (Fsp3) is 0. The number of nitrogens with zero attached hydrogens (tertiary/aromatic N) is 2. The van der Waals surface area contributed by atoms with Crippen LogP contribution in [0.2, 0.25) is 0 Å². The lowest BCUT2D eigenvalue weighted by Gasteiger charge is -2.02. The first-order chi connectivity index (χ1) is 11.1. The minimum absolute atomic E-state index is 0.0221. The van der Waals surface area contributed by atoms with Gasteiger partial charge in [-0.1, -0.05) is 12.1 Å². The number of rotatable bonds is 4. The molecule has 0 aliphatic rings. The maximum absolute atomic E-state index is 11.5. The van der Waals surface area contributed by atoms with Crippen molar-refractivity contribution >= 4 is 11.7 Å². The summed E-state index contributed by atoms with van der Waals surface area (Å²) in [5.74, 6) is -1.16. The Morgan fingerprint density at radius 3 is 2.52 bits per heavy atom. The van der Waals surface area contributed by atoms with Crippen molar-refractivity contribution < 1.29 is 14.8 Å². The van der Waals surface area contributed by atoms with Crippen LogP contribution >= 0.6 is 0 Å². The first-order valence-corrected chi connectivity index (χ1v) is 6.68. The lowest BCUT2D eigenvalue weighted by molar-refractivity contribution is -0.384. The van der Waals surface area contributed by atoms with Gasteiger partial charge in [0.05, 0.1) is 21.7 Å². The fourth-order valence-electron chi connectivity index (χ4n) is 2.37. The predicted octanol–water partition coefficient (Wildman–Crippen LogP) is 3.35. The number of benzene rings is 1. The number of hydrogen-bond donors (Lipinski definition) is 2. The summed E-state index contributed by atoms with van der Waals surface area (Å²) in [6.45, 7) is 0. The zero-order chi connectivity index (χ0) is 16.4. The summed E-state index contributed by atoms with van der Waals surface area (Å²) < 4.78 is 0. The number of para-hydroxylation sites is 1. The summed E-state index contributed by atoms with van der Waals surface area (Å²) in [5.41, 5.74) is 1.56. The van der Waals surface area contributed by atoms with Crippen LogP contribution in [0.4, 0.5) is 5.69 Å². The molecule has 0 saturated heterocycles. The molecular formula is C16H11N3O4. The van der Waals surface area contributed by atoms with E-state index < -0.39 is 10.9 Å². The molecule has 2 N–H and O–H groups in total. The number of aromatic nitrogens is 2. The van der Waals surface area contributed by atoms with Crippen LogP contribution in [0.3, 0.4) is 0 Å². The first-order valence-electron chi connectivity index (χ1n) is 6.68. The Morgan fingerprint density at radius 1 is 1.17 bits per heavy atom. The molecule has 3 rings (SSSR count). The summed E-state index contributed by atoms with van der Waals surface area (Å²) in [6, 6.07) is 10.9. The molecule has 0 unspecified atom stereocenters. The number of carbonyl (C=O) groups is 1. The highest BCUT2D eigenvalue weighted by atomic mass is 16.6. The number of carboxylic acid groups (broad SMARTS) is 1. The first kappa shape index (κ1) is 14.5. The SMILES string of the molecule is O=C(O)c1cc(-c2ccncc2)[nH]c1-c1ccccc1[N+](=O)[O-]. The molecular weight excluding hydrogens is 298 g/mol. The second kappa shape index (κ2) is 5.72. The third-order valence-electron chi connectivity index (χ3n) is 3.41. The van der Waals surface area contributed by atoms with Gasteiger partial charge in [0.25, 0.3) is 5.69 Å². The van der Waals surface area contributed by atoms with Crippen LogP contribution in [0.15, 0.2) is 54.9 Å². The molecule has 3 aromatic rings. The molecule has 0 fully saturated rings. The van der Waals surface area contributed by atoms with Crippen LogP contribution in [0.25, 0.3) is 22.5 Å². The molecule has 0 amide bonds. The second-order valence-electron chi connectivity index (χ2n) is 4.79. The van der Waals surface area contributed by atoms with Crippen LogP contribution in [0.5, 0.6) is 0 Å². The number of hydrogen-bond acceptors (Lipinski definition) is 4. The van der Waals surface area contributed by atoms with E-state index in [0.717, 1.165) is 5.56 Å². The van der Waals surface area contributed by atoms with Crippen molar-refractivity contribution in [3.05, 3.63) is 70.5 Å². The number of H-pyrrole nitrogens is 1. The van der Waals surface area contributed by atoms with Crippen molar-refractivity contribution in [3.63, 3.8) is 0 Å². The van der Waals surface area contributed by atoms with E-state index in [1.807, 2.05) is 0 Å². The maximum Gasteiger partial charge on any atom is 0.337 e. The standard InChI is InChI=1S/C16H11N3O4/c20-16(21)12-9-13(10-5-7-17-8-6-10)18-15(12)11-3-1-2-4-14(11)19(22)23/h1-9,18H,(H,20,21). The van der Waals surface area contributed by atoms with Crippen molar-refractivity contribution in [1.29, 1.82) is 0 Å². The molecule has 0 atom stereocenters. The van der Waals surface area contributed by atoms with Crippen molar-refractivity contribution in [2.45, 2.75) is 0 Å². The Kier molecular flexibility index (Phi) is 3.60. The highest BCUT2D eigenvalue weighted by Gasteiger charge is 2.22. The third-order valence-corrected chi connectivity index (χ3v) is 3.41. The molecule has 0 aliphatic heterocycles. The van der Waals surface area contributed by atoms with Gasteiger partial charge in [0, 0.05) is 29.7 Å². The van der Waals surface area contributed by atoms with Gasteiger partial charge in [-0.25, -0.2) is 4.79 Å². The van der Waals surface area contributed by atoms with E-state index in [9.17, 15) is 20.0 Å². The molecule has 0 aliphatic carbocycles. The number of aromatic carboxylic acids is 1. The zero-order valence-corrected chi connectivity index (χ0v) is 11.8. The van der Waals surface area contributed by atoms with Crippen LogP contribution in [-0.2, 0) is 0 Å². The Balaban J connectivity index is 2.22. The van der Waals surface area contributed by atoms with Crippen LogP contribution < -0.4 is 0 Å². The van der Waals surface area contributed by atoms with E-state index in [4.69, 9.17) is 0 Å². The zero-order valence-electron chi connectivity index (χ0n) is 11.8. The van der Waals surface area contributed by atoms with E-state index >= 15 is 0 Å². The summed E-state index contributed by atoms with van der Waals surface area (Å²) in [7, 11) is 0. The molecule has 0 radical (unpaired) electrons. The Labute approximate surface area is 130 Å². The van der Waals surface area contributed by atoms with Gasteiger partial charge in [-0.2, -0.15) is 0 Å². The highest BCUT2D eigenvalue weighted by molar-refractivity contribution is 5.98. The number of nitrogens with one attached hydrogen (secondary N) is 1. The average molecular weight is 309 g/mol. The van der Waals surface area contributed by atoms with E-state index in [1.165, 1.54) is 24.3 Å². The van der Waals surface area contributed by atoms with Gasteiger partial charge in [-0.3, -0.25) is 15.1 Å². The number of aromatic amines is 1. The smallest absolute Gasteiger partial charge is 0.337 e. The minimum atomic E-state index is -1.16. The van der Waals surface area contributed by atoms with Crippen LogP contribution in [-0.4, -0.2) is 26.0 Å². The lowest BCUT2D eigenvalue weighted by Crippen LogP contribution is -1.99. The van der Waals surface area contributed by atoms with Gasteiger partial charge in [0.15, 0.2) is 0 Å². The molecule has 0 saturated carbocycles. The summed E-state index contributed by atoms with van der Waals surface area (Å²) in [6.07, 6.45) is 3.17. The number of nitro groups is 1. The maximum atomic E-state index is 11.5. The highest BCUT2D eigenvalue weighted by Crippen LogP contribution is 2.34. The van der Waals surface area contributed by atoms with E-state index in [-0.39, 0.29) is 22.5 Å². The Morgan fingerprint density at radius 2 is 1.87 bits per heavy atom. The molecule has 2 aromatic heterocycles. The largest absolute Gasteiger partial charge is 0.478 e. The third kappa shape index (κ3) is 2.67. The fourth-order valence-corrected chi connectivity index (χ4v) is 2.37. The van der Waals surface area contributed by atoms with Gasteiger partial charge >= 0.3 is 5.97 Å². The molecule has 7 heteroatoms. The van der Waals surface area contributed by atoms with E-state index in [0.29, 0.717) is 5.69 Å². The summed E-state index contributed by atoms with van der Waals surface area (Å²) in [4.78, 5) is 29.1. The molecule has 7 nitrogen and oxygen atoms in total. The van der Waals surface area contributed by atoms with Gasteiger partial charge in [0.1, 0.15) is 0 Å². The van der Waals surface area contributed by atoms with Crippen LogP contribution in [0.1, 0.15) is 10.4 Å². The van der Waals surface area contributed by atoms with E-state index in [1.54, 1.807) is 30.6 Å².